The molecule has 7 nitrogen and oxygen atoms in total. The van der Waals surface area contributed by atoms with Crippen molar-refractivity contribution in [3.63, 3.8) is 0 Å². The Bertz CT molecular complexity index is 1290. The van der Waals surface area contributed by atoms with E-state index >= 15 is 0 Å². The molecule has 1 saturated heterocycles. The average Bonchev–Trinajstić information content (AvgIpc) is 3.21. The van der Waals surface area contributed by atoms with E-state index in [-0.39, 0.29) is 11.8 Å². The van der Waals surface area contributed by atoms with Crippen LogP contribution in [0, 0.1) is 5.82 Å². The average molecular weight is 417 g/mol. The van der Waals surface area contributed by atoms with Crippen molar-refractivity contribution in [1.29, 1.82) is 0 Å². The summed E-state index contributed by atoms with van der Waals surface area (Å²) in [4.78, 5) is 16.7. The number of carbonyl (C=O) groups is 1. The molecule has 0 radical (unpaired) electrons. The number of nitrogens with zero attached hydrogens (tertiary/aromatic N) is 5. The summed E-state index contributed by atoms with van der Waals surface area (Å²) in [5.74, 6) is 1.07. The van der Waals surface area contributed by atoms with Gasteiger partial charge in [-0.3, -0.25) is 4.90 Å². The summed E-state index contributed by atoms with van der Waals surface area (Å²) in [6, 6.07) is 14.1. The minimum Gasteiger partial charge on any atom is -0.361 e. The maximum Gasteiger partial charge on any atom is 0.324 e. The second kappa shape index (κ2) is 6.94. The highest BCUT2D eigenvalue weighted by atomic mass is 19.1. The molecule has 0 spiro atoms. The topological polar surface area (TPSA) is 67.4 Å². The molecular formula is C23H20FN5O2. The van der Waals surface area contributed by atoms with Gasteiger partial charge in [0.15, 0.2) is 0 Å². The van der Waals surface area contributed by atoms with Crippen LogP contribution in [0.4, 0.5) is 14.9 Å². The lowest BCUT2D eigenvalue weighted by Gasteiger charge is -2.18. The third-order valence-corrected chi connectivity index (χ3v) is 5.97. The lowest BCUT2D eigenvalue weighted by Crippen LogP contribution is -2.31. The van der Waals surface area contributed by atoms with Crippen molar-refractivity contribution in [3.8, 4) is 5.69 Å². The molecule has 2 aromatic heterocycles. The highest BCUT2D eigenvalue weighted by Crippen LogP contribution is 2.40. The molecule has 31 heavy (non-hydrogen) atoms. The predicted molar refractivity (Wildman–Crippen MR) is 113 cm³/mol. The minimum absolute atomic E-state index is 0.0814. The van der Waals surface area contributed by atoms with Crippen LogP contribution in [-0.2, 0) is 6.54 Å². The van der Waals surface area contributed by atoms with Gasteiger partial charge in [0.05, 0.1) is 23.9 Å². The Morgan fingerprint density at radius 1 is 1.06 bits per heavy atom. The fourth-order valence-corrected chi connectivity index (χ4v) is 4.20. The third-order valence-electron chi connectivity index (χ3n) is 5.97. The van der Waals surface area contributed by atoms with Gasteiger partial charge >= 0.3 is 6.03 Å². The van der Waals surface area contributed by atoms with Gasteiger partial charge in [0, 0.05) is 30.5 Å². The quantitative estimate of drug-likeness (QED) is 0.480. The molecule has 0 atom stereocenters. The Balaban J connectivity index is 1.29. The van der Waals surface area contributed by atoms with Crippen molar-refractivity contribution in [2.24, 2.45) is 0 Å². The summed E-state index contributed by atoms with van der Waals surface area (Å²) in [5.41, 5.74) is 2.68. The van der Waals surface area contributed by atoms with E-state index in [0.29, 0.717) is 31.2 Å². The standard InChI is InChI=1S/C23H20FN5O2/c24-18-4-1-2-5-21(18)29-20-7-3-6-19(17(20)13-25-29)28-11-10-27(23(28)30)14-16-12-22(31-26-16)15-8-9-15/h1-7,12-13,15H,8-11,14H2. The fraction of sp³-hybridized carbons (Fsp3) is 0.261. The molecule has 0 unspecified atom stereocenters. The number of carbonyl (C=O) groups excluding carboxylic acids is 1. The number of hydrogen-bond donors (Lipinski definition) is 0. The Morgan fingerprint density at radius 3 is 2.74 bits per heavy atom. The second-order valence-corrected chi connectivity index (χ2v) is 8.07. The Labute approximate surface area is 177 Å². The van der Waals surface area contributed by atoms with Crippen molar-refractivity contribution in [1.82, 2.24) is 19.8 Å². The van der Waals surface area contributed by atoms with Crippen LogP contribution < -0.4 is 4.90 Å². The van der Waals surface area contributed by atoms with Crippen molar-refractivity contribution in [2.75, 3.05) is 18.0 Å². The maximum atomic E-state index is 14.3. The molecule has 3 heterocycles. The van der Waals surface area contributed by atoms with Gasteiger partial charge in [-0.1, -0.05) is 23.4 Å². The minimum atomic E-state index is -0.348. The first-order chi connectivity index (χ1) is 15.2. The van der Waals surface area contributed by atoms with Crippen LogP contribution in [0.1, 0.15) is 30.2 Å². The van der Waals surface area contributed by atoms with Gasteiger partial charge in [-0.05, 0) is 37.1 Å². The molecule has 6 rings (SSSR count). The predicted octanol–water partition coefficient (Wildman–Crippen LogP) is 4.47. The van der Waals surface area contributed by atoms with Crippen LogP contribution in [0.25, 0.3) is 16.6 Å². The van der Waals surface area contributed by atoms with E-state index in [0.717, 1.165) is 40.9 Å². The third kappa shape index (κ3) is 3.06. The summed E-state index contributed by atoms with van der Waals surface area (Å²) < 4.78 is 21.3. The first kappa shape index (κ1) is 18.1. The number of halogens is 1. The number of fused-ring (bicyclic) bond motifs is 1. The Kier molecular flexibility index (Phi) is 4.05. The first-order valence-electron chi connectivity index (χ1n) is 10.4. The number of rotatable bonds is 5. The zero-order valence-electron chi connectivity index (χ0n) is 16.7. The zero-order chi connectivity index (χ0) is 20.9. The SMILES string of the molecule is O=C1N(Cc2cc(C3CC3)on2)CCN1c1cccc2c1cnn2-c1ccccc1F. The molecular weight excluding hydrogens is 397 g/mol. The van der Waals surface area contributed by atoms with Gasteiger partial charge < -0.3 is 9.42 Å². The van der Waals surface area contributed by atoms with E-state index in [2.05, 4.69) is 10.3 Å². The number of urea groups is 1. The van der Waals surface area contributed by atoms with E-state index < -0.39 is 0 Å². The number of aromatic nitrogens is 3. The lowest BCUT2D eigenvalue weighted by atomic mass is 10.2. The number of hydrogen-bond acceptors (Lipinski definition) is 4. The number of anilines is 1. The molecule has 0 bridgehead atoms. The summed E-state index contributed by atoms with van der Waals surface area (Å²) >= 11 is 0. The molecule has 4 aromatic rings. The van der Waals surface area contributed by atoms with Crippen LogP contribution in [0.2, 0.25) is 0 Å². The van der Waals surface area contributed by atoms with Gasteiger partial charge in [0.2, 0.25) is 0 Å². The summed E-state index contributed by atoms with van der Waals surface area (Å²) in [6.45, 7) is 1.59. The number of benzene rings is 2. The first-order valence-corrected chi connectivity index (χ1v) is 10.4. The van der Waals surface area contributed by atoms with Crippen LogP contribution in [0.5, 0.6) is 0 Å². The van der Waals surface area contributed by atoms with Gasteiger partial charge in [-0.15, -0.1) is 0 Å². The summed E-state index contributed by atoms with van der Waals surface area (Å²) in [7, 11) is 0. The van der Waals surface area contributed by atoms with E-state index in [1.54, 1.807) is 38.9 Å². The molecule has 2 fully saturated rings. The maximum absolute atomic E-state index is 14.3. The molecule has 2 aliphatic rings. The largest absolute Gasteiger partial charge is 0.361 e. The monoisotopic (exact) mass is 417 g/mol. The zero-order valence-corrected chi connectivity index (χ0v) is 16.7. The van der Waals surface area contributed by atoms with E-state index in [1.165, 1.54) is 6.07 Å². The molecule has 156 valence electrons. The molecule has 0 N–H and O–H groups in total. The van der Waals surface area contributed by atoms with Crippen molar-refractivity contribution in [3.05, 3.63) is 72.0 Å². The van der Waals surface area contributed by atoms with Crippen LogP contribution >= 0.6 is 0 Å². The smallest absolute Gasteiger partial charge is 0.324 e. The van der Waals surface area contributed by atoms with Crippen LogP contribution in [0.3, 0.4) is 0 Å². The lowest BCUT2D eigenvalue weighted by molar-refractivity contribution is 0.217. The van der Waals surface area contributed by atoms with E-state index in [9.17, 15) is 9.18 Å². The Morgan fingerprint density at radius 2 is 1.90 bits per heavy atom. The normalized spacial score (nSPS) is 16.6. The van der Waals surface area contributed by atoms with Gasteiger partial charge in [0.1, 0.15) is 23.0 Å². The van der Waals surface area contributed by atoms with Gasteiger partial charge in [-0.25, -0.2) is 13.9 Å². The molecule has 2 amide bonds. The molecule has 1 aliphatic carbocycles. The molecule has 8 heteroatoms. The highest BCUT2D eigenvalue weighted by Gasteiger charge is 2.33. The van der Waals surface area contributed by atoms with Crippen molar-refractivity contribution < 1.29 is 13.7 Å². The van der Waals surface area contributed by atoms with Gasteiger partial charge in [0.25, 0.3) is 0 Å². The summed E-state index contributed by atoms with van der Waals surface area (Å²) in [5, 5.41) is 9.33. The fourth-order valence-electron chi connectivity index (χ4n) is 4.20. The summed E-state index contributed by atoms with van der Waals surface area (Å²) in [6.07, 6.45) is 3.98. The van der Waals surface area contributed by atoms with Crippen molar-refractivity contribution >= 4 is 22.6 Å². The Hall–Kier alpha value is -3.68. The molecule has 2 aromatic carbocycles. The van der Waals surface area contributed by atoms with Crippen LogP contribution in [-0.4, -0.2) is 39.0 Å². The highest BCUT2D eigenvalue weighted by molar-refractivity contribution is 6.03. The second-order valence-electron chi connectivity index (χ2n) is 8.07. The molecule has 1 aliphatic heterocycles. The van der Waals surface area contributed by atoms with E-state index in [4.69, 9.17) is 4.52 Å². The number of amides is 2. The van der Waals surface area contributed by atoms with E-state index in [1.807, 2.05) is 24.3 Å². The van der Waals surface area contributed by atoms with Gasteiger partial charge in [-0.2, -0.15) is 5.10 Å². The molecule has 1 saturated carbocycles. The van der Waals surface area contributed by atoms with Crippen molar-refractivity contribution in [2.45, 2.75) is 25.3 Å². The van der Waals surface area contributed by atoms with Crippen LogP contribution in [0.15, 0.2) is 59.3 Å². The number of para-hydroxylation sites is 1.